The summed E-state index contributed by atoms with van der Waals surface area (Å²) < 4.78 is 79.3. The lowest BCUT2D eigenvalue weighted by Crippen LogP contribution is -2.50. The molecule has 1 aliphatic carbocycles. The van der Waals surface area contributed by atoms with Crippen molar-refractivity contribution in [2.45, 2.75) is 95.0 Å². The number of nitrogens with one attached hydrogen (secondary N) is 3. The molecule has 19 heteroatoms. The van der Waals surface area contributed by atoms with E-state index in [1.807, 2.05) is 0 Å². The number of amides is 4. The van der Waals surface area contributed by atoms with Gasteiger partial charge in [0.2, 0.25) is 23.3 Å². The summed E-state index contributed by atoms with van der Waals surface area (Å²) >= 11 is 5.63. The fourth-order valence-electron chi connectivity index (χ4n) is 7.80. The molecule has 2 unspecified atom stereocenters. The highest BCUT2D eigenvalue weighted by Gasteiger charge is 2.58. The summed E-state index contributed by atoms with van der Waals surface area (Å²) in [5.74, 6) is -5.76. The van der Waals surface area contributed by atoms with Gasteiger partial charge in [-0.15, -0.1) is 4.90 Å². The van der Waals surface area contributed by atoms with Crippen molar-refractivity contribution in [3.05, 3.63) is 47.8 Å². The number of benzene rings is 1. The molecule has 3 aliphatic heterocycles. The molecule has 304 valence electrons. The first-order chi connectivity index (χ1) is 26.9. The molecule has 13 nitrogen and oxygen atoms in total. The minimum atomic E-state index is -4.87. The molecule has 1 aromatic heterocycles. The maximum absolute atomic E-state index is 15.3. The second kappa shape index (κ2) is 16.5. The number of carbonyl (C=O) groups is 4. The minimum Gasteiger partial charge on any atom is -0.378 e. The molecular formula is C38H42F5N8O5S+. The molecule has 1 saturated carbocycles. The average molecular weight is 818 g/mol. The van der Waals surface area contributed by atoms with Gasteiger partial charge in [-0.2, -0.15) is 18.4 Å². The Bertz CT molecular complexity index is 2030. The van der Waals surface area contributed by atoms with Crippen molar-refractivity contribution in [1.82, 2.24) is 15.2 Å². The summed E-state index contributed by atoms with van der Waals surface area (Å²) in [6.07, 6.45) is -1.27. The van der Waals surface area contributed by atoms with Crippen LogP contribution in [0.3, 0.4) is 0 Å². The minimum absolute atomic E-state index is 0.00130. The van der Waals surface area contributed by atoms with Crippen molar-refractivity contribution in [1.29, 1.82) is 5.26 Å². The fraction of sp³-hybridized carbons (Fsp3) is 0.526. The zero-order chi connectivity index (χ0) is 41.3. The van der Waals surface area contributed by atoms with Gasteiger partial charge in [0.05, 0.1) is 36.7 Å². The highest BCUT2D eigenvalue weighted by molar-refractivity contribution is 7.80. The van der Waals surface area contributed by atoms with Gasteiger partial charge in [0.25, 0.3) is 5.92 Å². The first kappa shape index (κ1) is 41.7. The van der Waals surface area contributed by atoms with Gasteiger partial charge in [0.15, 0.2) is 11.4 Å². The van der Waals surface area contributed by atoms with Gasteiger partial charge in [0, 0.05) is 61.4 Å². The van der Waals surface area contributed by atoms with Crippen LogP contribution in [0.4, 0.5) is 39.0 Å². The highest BCUT2D eigenvalue weighted by Crippen LogP contribution is 2.38. The van der Waals surface area contributed by atoms with Crippen LogP contribution in [0.25, 0.3) is 0 Å². The Morgan fingerprint density at radius 1 is 1.11 bits per heavy atom. The van der Waals surface area contributed by atoms with Crippen molar-refractivity contribution in [3.8, 4) is 6.07 Å². The van der Waals surface area contributed by atoms with Crippen molar-refractivity contribution in [2.75, 3.05) is 41.8 Å². The lowest BCUT2D eigenvalue weighted by molar-refractivity contribution is -0.468. The molecule has 4 fully saturated rings. The molecule has 2 atom stereocenters. The van der Waals surface area contributed by atoms with E-state index in [9.17, 15) is 32.3 Å². The Balaban J connectivity index is 0.967. The molecule has 4 heterocycles. The summed E-state index contributed by atoms with van der Waals surface area (Å²) in [6.45, 7) is 2.84. The molecule has 0 bridgehead atoms. The predicted octanol–water partition coefficient (Wildman–Crippen LogP) is 5.00. The molecule has 3 saturated heterocycles. The van der Waals surface area contributed by atoms with Gasteiger partial charge in [-0.25, -0.2) is 23.1 Å². The zero-order valence-corrected chi connectivity index (χ0v) is 32.1. The number of thiocarbonyl (C=S) groups is 1. The number of carbonyl (C=O) groups excluding carboxylic acids is 4. The Kier molecular flexibility index (Phi) is 12.1. The Morgan fingerprint density at radius 3 is 2.49 bits per heavy atom. The number of rotatable bonds is 10. The summed E-state index contributed by atoms with van der Waals surface area (Å²) in [5.41, 5.74) is -1.71. The number of hydrogen-bond acceptors (Lipinski definition) is 10. The molecular weight excluding hydrogens is 776 g/mol. The van der Waals surface area contributed by atoms with Crippen LogP contribution < -0.4 is 20.9 Å². The zero-order valence-electron chi connectivity index (χ0n) is 31.3. The number of pyridine rings is 1. The molecule has 2 aromatic rings. The van der Waals surface area contributed by atoms with E-state index in [1.54, 1.807) is 42.7 Å². The maximum atomic E-state index is 15.3. The summed E-state index contributed by atoms with van der Waals surface area (Å²) in [5, 5.41) is 17.2. The fourth-order valence-corrected chi connectivity index (χ4v) is 8.34. The maximum Gasteiger partial charge on any atom is 0.419 e. The van der Waals surface area contributed by atoms with E-state index in [0.717, 1.165) is 16.8 Å². The predicted molar refractivity (Wildman–Crippen MR) is 201 cm³/mol. The lowest BCUT2D eigenvalue weighted by Gasteiger charge is -2.38. The molecule has 57 heavy (non-hydrogen) atoms. The Labute approximate surface area is 330 Å². The summed E-state index contributed by atoms with van der Waals surface area (Å²) in [6, 6.07) is 8.18. The third kappa shape index (κ3) is 9.29. The number of alkyl halides is 5. The van der Waals surface area contributed by atoms with E-state index in [0.29, 0.717) is 56.1 Å². The molecule has 1 aromatic carbocycles. The molecule has 0 radical (unpaired) electrons. The smallest absolute Gasteiger partial charge is 0.378 e. The monoisotopic (exact) mass is 817 g/mol. The lowest BCUT2D eigenvalue weighted by atomic mass is 9.90. The van der Waals surface area contributed by atoms with Crippen LogP contribution in [0.15, 0.2) is 36.5 Å². The van der Waals surface area contributed by atoms with Crippen molar-refractivity contribution >= 4 is 63.7 Å². The first-order valence-electron chi connectivity index (χ1n) is 18.6. The van der Waals surface area contributed by atoms with Crippen LogP contribution in [0, 0.1) is 17.2 Å². The van der Waals surface area contributed by atoms with Crippen LogP contribution in [0.1, 0.15) is 76.5 Å². The van der Waals surface area contributed by atoms with Crippen LogP contribution in [0.5, 0.6) is 0 Å². The Morgan fingerprint density at radius 2 is 1.82 bits per heavy atom. The number of nitrogens with zero attached hydrogens (tertiary/aromatic N) is 5. The molecule has 4 amide bonds. The number of ether oxygens (including phenoxy) is 1. The second-order valence-electron chi connectivity index (χ2n) is 15.2. The van der Waals surface area contributed by atoms with E-state index >= 15 is 8.78 Å². The number of imide groups is 1. The van der Waals surface area contributed by atoms with Gasteiger partial charge in [-0.05, 0) is 70.7 Å². The van der Waals surface area contributed by atoms with Crippen LogP contribution in [-0.4, -0.2) is 98.8 Å². The van der Waals surface area contributed by atoms with E-state index in [1.165, 1.54) is 11.0 Å². The second-order valence-corrected chi connectivity index (χ2v) is 15.5. The highest BCUT2D eigenvalue weighted by atomic mass is 32.1. The number of nitriles is 1. The van der Waals surface area contributed by atoms with Crippen LogP contribution in [0.2, 0.25) is 0 Å². The van der Waals surface area contributed by atoms with Crippen molar-refractivity contribution in [2.24, 2.45) is 5.92 Å². The van der Waals surface area contributed by atoms with Gasteiger partial charge in [-0.3, -0.25) is 24.6 Å². The standard InChI is InChI=1S/C38H41F5N8O5S/c1-36(2)34(55)50(26-17-28(38(41,42)43)30(18-44)45-19-26)35(57)51(36)25-6-8-27(9-7-25)56-15-13-22-12-14-49(21-37(22,39)40)20-32(53)47-24-5-3-4-23(16-24)46-29-10-11-31(52)48-33(29)54/h3-5,16-17,19,22,27,29,46H,6-15,20-21H2,1-2H3,(H-,47,48,52,53,54)/p+1. The SMILES string of the molecule is CC1(C)C(=O)N(c2cnc(C#N)c(C(F)(F)F)c2)C(=S)[N+]1=C1CCC(OCCC2CCN(CC(=O)Nc3cccc(NC4CCC(=O)NC4=O)c3)CC2(F)F)CC1. The molecule has 0 spiro atoms. The number of likely N-dealkylation sites (tertiary alicyclic amines) is 1. The van der Waals surface area contributed by atoms with Crippen molar-refractivity contribution in [3.63, 3.8) is 0 Å². The van der Waals surface area contributed by atoms with Gasteiger partial charge in [0.1, 0.15) is 12.1 Å². The third-order valence-corrected chi connectivity index (χ3v) is 11.1. The van der Waals surface area contributed by atoms with Crippen molar-refractivity contribution < 1.29 is 50.4 Å². The number of hydrogen-bond donors (Lipinski definition) is 3. The first-order valence-corrected chi connectivity index (χ1v) is 19.0. The van der Waals surface area contributed by atoms with Crippen LogP contribution >= 0.6 is 12.2 Å². The number of piperidine rings is 2. The van der Waals surface area contributed by atoms with Crippen LogP contribution in [-0.2, 0) is 30.1 Å². The largest absolute Gasteiger partial charge is 0.419 e. The molecule has 3 N–H and O–H groups in total. The van der Waals surface area contributed by atoms with Gasteiger partial charge >= 0.3 is 17.2 Å². The molecule has 4 aliphatic rings. The van der Waals surface area contributed by atoms with E-state index in [4.69, 9.17) is 22.2 Å². The number of anilines is 3. The normalized spacial score (nSPS) is 24.0. The third-order valence-electron chi connectivity index (χ3n) is 10.8. The van der Waals surface area contributed by atoms with E-state index in [-0.39, 0.29) is 55.2 Å². The average Bonchev–Trinajstić information content (AvgIpc) is 3.31. The number of halogens is 5. The molecule has 6 rings (SSSR count). The van der Waals surface area contributed by atoms with E-state index < -0.39 is 65.1 Å². The van der Waals surface area contributed by atoms with Gasteiger partial charge in [-0.1, -0.05) is 6.07 Å². The summed E-state index contributed by atoms with van der Waals surface area (Å²) in [7, 11) is 0. The quantitative estimate of drug-likeness (QED) is 0.129. The number of aromatic nitrogens is 1. The van der Waals surface area contributed by atoms with Gasteiger partial charge < -0.3 is 15.4 Å². The van der Waals surface area contributed by atoms with E-state index in [2.05, 4.69) is 20.9 Å². The Hall–Kier alpha value is -4.93. The summed E-state index contributed by atoms with van der Waals surface area (Å²) in [4.78, 5) is 55.9. The topological polar surface area (TPSA) is 160 Å².